The second-order valence-electron chi connectivity index (χ2n) is 6.01. The molecule has 2 aliphatic rings. The summed E-state index contributed by atoms with van der Waals surface area (Å²) in [5.74, 6) is 0.162. The molecule has 1 atom stereocenters. The number of nitrogens with one attached hydrogen (secondary N) is 2. The van der Waals surface area contributed by atoms with Crippen LogP contribution in [-0.4, -0.2) is 24.0 Å². The van der Waals surface area contributed by atoms with Crippen LogP contribution in [-0.2, 0) is 17.6 Å². The van der Waals surface area contributed by atoms with E-state index in [2.05, 4.69) is 22.5 Å². The van der Waals surface area contributed by atoms with Crippen LogP contribution in [0.25, 0.3) is 0 Å². The fourth-order valence-electron chi connectivity index (χ4n) is 3.38. The van der Waals surface area contributed by atoms with E-state index in [0.29, 0.717) is 0 Å². The van der Waals surface area contributed by atoms with Crippen molar-refractivity contribution in [2.24, 2.45) is 5.41 Å². The van der Waals surface area contributed by atoms with E-state index in [-0.39, 0.29) is 11.3 Å². The van der Waals surface area contributed by atoms with Crippen molar-refractivity contribution in [2.75, 3.05) is 18.4 Å². The average Bonchev–Trinajstić information content (AvgIpc) is 3.05. The van der Waals surface area contributed by atoms with Crippen LogP contribution in [0, 0.1) is 5.41 Å². The fraction of sp³-hybridized carbons (Fsp3) is 0.733. The Labute approximate surface area is 124 Å². The molecule has 110 valence electrons. The summed E-state index contributed by atoms with van der Waals surface area (Å²) in [5, 5.41) is 7.24. The summed E-state index contributed by atoms with van der Waals surface area (Å²) >= 11 is 1.68. The predicted molar refractivity (Wildman–Crippen MR) is 82.2 cm³/mol. The van der Waals surface area contributed by atoms with Gasteiger partial charge in [0.05, 0.1) is 11.1 Å². The first-order valence-corrected chi connectivity index (χ1v) is 8.56. The Bertz CT molecular complexity index is 468. The monoisotopic (exact) mass is 293 g/mol. The molecule has 3 rings (SSSR count). The SMILES string of the molecule is CCCC1(C(=O)Nc2nc3c(s2)CCCC3)CCNC1. The summed E-state index contributed by atoms with van der Waals surface area (Å²) in [6.45, 7) is 3.90. The highest BCUT2D eigenvalue weighted by atomic mass is 32.1. The normalized spacial score (nSPS) is 25.4. The molecule has 1 saturated heterocycles. The maximum absolute atomic E-state index is 12.7. The number of rotatable bonds is 4. The van der Waals surface area contributed by atoms with Gasteiger partial charge in [0.1, 0.15) is 0 Å². The zero-order valence-electron chi connectivity index (χ0n) is 12.1. The lowest BCUT2D eigenvalue weighted by Crippen LogP contribution is -2.38. The molecule has 1 aromatic heterocycles. The van der Waals surface area contributed by atoms with Gasteiger partial charge in [0.15, 0.2) is 5.13 Å². The molecule has 0 spiro atoms. The number of carbonyl (C=O) groups is 1. The van der Waals surface area contributed by atoms with Gasteiger partial charge in [-0.3, -0.25) is 4.79 Å². The lowest BCUT2D eigenvalue weighted by Gasteiger charge is -2.25. The molecule has 5 heteroatoms. The maximum Gasteiger partial charge on any atom is 0.233 e. The van der Waals surface area contributed by atoms with Gasteiger partial charge in [-0.1, -0.05) is 13.3 Å². The number of aromatic nitrogens is 1. The predicted octanol–water partition coefficient (Wildman–Crippen LogP) is 2.74. The lowest BCUT2D eigenvalue weighted by molar-refractivity contribution is -0.125. The molecule has 20 heavy (non-hydrogen) atoms. The fourth-order valence-corrected chi connectivity index (χ4v) is 4.42. The van der Waals surface area contributed by atoms with E-state index in [1.54, 1.807) is 11.3 Å². The molecule has 1 amide bonds. The zero-order chi connectivity index (χ0) is 14.0. The van der Waals surface area contributed by atoms with Crippen molar-refractivity contribution < 1.29 is 4.79 Å². The Morgan fingerprint density at radius 3 is 3.00 bits per heavy atom. The molecule has 1 aliphatic heterocycles. The number of hydrogen-bond donors (Lipinski definition) is 2. The minimum atomic E-state index is -0.221. The molecule has 0 radical (unpaired) electrons. The number of fused-ring (bicyclic) bond motifs is 1. The van der Waals surface area contributed by atoms with E-state index in [1.807, 2.05) is 0 Å². The number of thiazole rings is 1. The first-order chi connectivity index (χ1) is 9.73. The second-order valence-corrected chi connectivity index (χ2v) is 7.09. The third-order valence-electron chi connectivity index (χ3n) is 4.52. The van der Waals surface area contributed by atoms with Crippen LogP contribution >= 0.6 is 11.3 Å². The molecule has 1 aliphatic carbocycles. The van der Waals surface area contributed by atoms with Gasteiger partial charge in [0, 0.05) is 11.4 Å². The van der Waals surface area contributed by atoms with Crippen LogP contribution in [0.5, 0.6) is 0 Å². The Balaban J connectivity index is 1.73. The van der Waals surface area contributed by atoms with Crippen LogP contribution in [0.1, 0.15) is 49.6 Å². The van der Waals surface area contributed by atoms with E-state index in [1.165, 1.54) is 23.4 Å². The number of hydrogen-bond acceptors (Lipinski definition) is 4. The summed E-state index contributed by atoms with van der Waals surface area (Å²) in [6.07, 6.45) is 7.63. The number of carbonyl (C=O) groups excluding carboxylic acids is 1. The molecule has 1 aromatic rings. The summed E-state index contributed by atoms with van der Waals surface area (Å²) in [4.78, 5) is 18.7. The first-order valence-electron chi connectivity index (χ1n) is 7.74. The van der Waals surface area contributed by atoms with E-state index < -0.39 is 0 Å². The van der Waals surface area contributed by atoms with E-state index in [9.17, 15) is 4.79 Å². The Hall–Kier alpha value is -0.940. The first kappa shape index (κ1) is 14.0. The third-order valence-corrected chi connectivity index (χ3v) is 5.59. The molecule has 1 unspecified atom stereocenters. The van der Waals surface area contributed by atoms with Gasteiger partial charge in [0.2, 0.25) is 5.91 Å². The van der Waals surface area contributed by atoms with Gasteiger partial charge in [0.25, 0.3) is 0 Å². The Kier molecular flexibility index (Phi) is 4.08. The maximum atomic E-state index is 12.7. The van der Waals surface area contributed by atoms with Crippen LogP contribution in [0.15, 0.2) is 0 Å². The quantitative estimate of drug-likeness (QED) is 0.897. The lowest BCUT2D eigenvalue weighted by atomic mass is 9.81. The Morgan fingerprint density at radius 1 is 1.45 bits per heavy atom. The van der Waals surface area contributed by atoms with Gasteiger partial charge < -0.3 is 10.6 Å². The van der Waals surface area contributed by atoms with Crippen LogP contribution in [0.4, 0.5) is 5.13 Å². The summed E-state index contributed by atoms with van der Waals surface area (Å²) in [7, 11) is 0. The molecule has 1 fully saturated rings. The van der Waals surface area contributed by atoms with Gasteiger partial charge in [-0.15, -0.1) is 11.3 Å². The van der Waals surface area contributed by atoms with Gasteiger partial charge >= 0.3 is 0 Å². The highest BCUT2D eigenvalue weighted by molar-refractivity contribution is 7.15. The van der Waals surface area contributed by atoms with Crippen molar-refractivity contribution in [3.8, 4) is 0 Å². The standard InChI is InChI=1S/C15H23N3OS/c1-2-7-15(8-9-16-10-15)13(19)18-14-17-11-5-3-4-6-12(11)20-14/h16H,2-10H2,1H3,(H,17,18,19). The van der Waals surface area contributed by atoms with Crippen LogP contribution in [0.3, 0.4) is 0 Å². The summed E-state index contributed by atoms with van der Waals surface area (Å²) in [6, 6.07) is 0. The number of nitrogens with zero attached hydrogens (tertiary/aromatic N) is 1. The van der Waals surface area contributed by atoms with E-state index in [0.717, 1.165) is 50.3 Å². The van der Waals surface area contributed by atoms with Crippen molar-refractivity contribution >= 4 is 22.4 Å². The average molecular weight is 293 g/mol. The molecule has 4 nitrogen and oxygen atoms in total. The minimum Gasteiger partial charge on any atom is -0.316 e. The molecule has 0 bridgehead atoms. The summed E-state index contributed by atoms with van der Waals surface area (Å²) in [5.41, 5.74) is 0.992. The van der Waals surface area contributed by atoms with Gasteiger partial charge in [-0.25, -0.2) is 4.98 Å². The molecule has 0 saturated carbocycles. The molecule has 2 N–H and O–H groups in total. The van der Waals surface area contributed by atoms with Crippen molar-refractivity contribution in [1.29, 1.82) is 0 Å². The zero-order valence-corrected chi connectivity index (χ0v) is 12.9. The highest BCUT2D eigenvalue weighted by Crippen LogP contribution is 2.34. The van der Waals surface area contributed by atoms with Gasteiger partial charge in [-0.05, 0) is 45.1 Å². The van der Waals surface area contributed by atoms with Crippen molar-refractivity contribution in [3.05, 3.63) is 10.6 Å². The van der Waals surface area contributed by atoms with Crippen molar-refractivity contribution in [2.45, 2.75) is 51.9 Å². The second kappa shape index (κ2) is 5.82. The van der Waals surface area contributed by atoms with Gasteiger partial charge in [-0.2, -0.15) is 0 Å². The largest absolute Gasteiger partial charge is 0.316 e. The third kappa shape index (κ3) is 2.61. The van der Waals surface area contributed by atoms with E-state index >= 15 is 0 Å². The summed E-state index contributed by atoms with van der Waals surface area (Å²) < 4.78 is 0. The molecule has 2 heterocycles. The Morgan fingerprint density at radius 2 is 2.30 bits per heavy atom. The highest BCUT2D eigenvalue weighted by Gasteiger charge is 2.40. The minimum absolute atomic E-state index is 0.162. The molecular weight excluding hydrogens is 270 g/mol. The smallest absolute Gasteiger partial charge is 0.233 e. The number of anilines is 1. The van der Waals surface area contributed by atoms with Crippen molar-refractivity contribution in [3.63, 3.8) is 0 Å². The topological polar surface area (TPSA) is 54.0 Å². The number of amides is 1. The molecule has 0 aromatic carbocycles. The van der Waals surface area contributed by atoms with Crippen molar-refractivity contribution in [1.82, 2.24) is 10.3 Å². The van der Waals surface area contributed by atoms with E-state index in [4.69, 9.17) is 0 Å². The number of aryl methyl sites for hydroxylation is 2. The van der Waals surface area contributed by atoms with Crippen LogP contribution in [0.2, 0.25) is 0 Å². The van der Waals surface area contributed by atoms with Crippen LogP contribution < -0.4 is 10.6 Å². The molecular formula is C15H23N3OS.